The number of halogens is 1. The van der Waals surface area contributed by atoms with Crippen molar-refractivity contribution in [2.24, 2.45) is 0 Å². The molecule has 2 heterocycles. The number of hydrogen-bond acceptors (Lipinski definition) is 7. The predicted octanol–water partition coefficient (Wildman–Crippen LogP) is 3.60. The molecule has 1 unspecified atom stereocenters. The molecule has 0 bridgehead atoms. The molecule has 0 amide bonds. The van der Waals surface area contributed by atoms with Crippen molar-refractivity contribution in [1.82, 2.24) is 9.97 Å². The standard InChI is InChI=1S/C23H20BClN5O2/c1-14-3-4-17(25)9-20(14)29-22-27-6-5-19(28-22)15-7-16(10-26)21-18(8-15)23(2,12-31)11-30(21)24-13-32/h3-9,13,31H,11-12H2,1-2H3,(H,27,28,29). The Morgan fingerprint density at radius 3 is 2.91 bits per heavy atom. The highest BCUT2D eigenvalue weighted by Gasteiger charge is 2.40. The summed E-state index contributed by atoms with van der Waals surface area (Å²) in [5.74, 6) is 0.396. The van der Waals surface area contributed by atoms with Gasteiger partial charge in [-0.1, -0.05) is 24.6 Å². The molecule has 1 radical (unpaired) electrons. The van der Waals surface area contributed by atoms with Gasteiger partial charge < -0.3 is 20.0 Å². The summed E-state index contributed by atoms with van der Waals surface area (Å²) >= 11 is 6.11. The number of benzene rings is 2. The van der Waals surface area contributed by atoms with Gasteiger partial charge >= 0.3 is 7.41 Å². The number of carbonyl (C=O) groups excluding carboxylic acids is 1. The largest absolute Gasteiger partial charge is 0.410 e. The zero-order valence-corrected chi connectivity index (χ0v) is 18.4. The molecule has 1 aliphatic rings. The zero-order chi connectivity index (χ0) is 22.9. The molecule has 3 aromatic rings. The van der Waals surface area contributed by atoms with E-state index >= 15 is 0 Å². The zero-order valence-electron chi connectivity index (χ0n) is 17.6. The second kappa shape index (κ2) is 8.62. The van der Waals surface area contributed by atoms with E-state index in [9.17, 15) is 15.2 Å². The molecule has 2 N–H and O–H groups in total. The molecule has 159 valence electrons. The summed E-state index contributed by atoms with van der Waals surface area (Å²) in [6.07, 6.45) is 2.32. The van der Waals surface area contributed by atoms with Crippen molar-refractivity contribution >= 4 is 42.5 Å². The summed E-state index contributed by atoms with van der Waals surface area (Å²) < 4.78 is 0. The quantitative estimate of drug-likeness (QED) is 0.442. The minimum Gasteiger partial charge on any atom is -0.410 e. The van der Waals surface area contributed by atoms with E-state index in [2.05, 4.69) is 21.4 Å². The number of fused-ring (bicyclic) bond motifs is 1. The smallest absolute Gasteiger partial charge is 0.329 e. The lowest BCUT2D eigenvalue weighted by atomic mass is 9.83. The third-order valence-corrected chi connectivity index (χ3v) is 5.91. The molecule has 0 fully saturated rings. The summed E-state index contributed by atoms with van der Waals surface area (Å²) in [6, 6.07) is 13.2. The number of anilines is 3. The van der Waals surface area contributed by atoms with Gasteiger partial charge in [-0.15, -0.1) is 0 Å². The molecule has 0 saturated heterocycles. The van der Waals surface area contributed by atoms with Gasteiger partial charge in [0, 0.05) is 40.1 Å². The summed E-state index contributed by atoms with van der Waals surface area (Å²) in [5, 5.41) is 23.7. The Hall–Kier alpha value is -3.41. The summed E-state index contributed by atoms with van der Waals surface area (Å²) in [7, 11) is 1.39. The third kappa shape index (κ3) is 3.93. The van der Waals surface area contributed by atoms with Crippen molar-refractivity contribution in [3.8, 4) is 17.3 Å². The van der Waals surface area contributed by atoms with Crippen LogP contribution in [0.2, 0.25) is 5.02 Å². The first-order chi connectivity index (χ1) is 15.4. The molecule has 9 heteroatoms. The minimum absolute atomic E-state index is 0.123. The number of hydrogen-bond donors (Lipinski definition) is 2. The van der Waals surface area contributed by atoms with Gasteiger partial charge in [-0.05, 0) is 48.4 Å². The number of aliphatic hydroxyl groups is 1. The topological polar surface area (TPSA) is 102 Å². The number of aromatic nitrogens is 2. The average Bonchev–Trinajstić information content (AvgIpc) is 3.08. The van der Waals surface area contributed by atoms with Crippen molar-refractivity contribution < 1.29 is 9.90 Å². The van der Waals surface area contributed by atoms with Crippen molar-refractivity contribution in [2.75, 3.05) is 23.3 Å². The molecule has 1 aliphatic heterocycles. The van der Waals surface area contributed by atoms with Crippen molar-refractivity contribution in [2.45, 2.75) is 19.3 Å². The molecule has 1 aromatic heterocycles. The van der Waals surface area contributed by atoms with Gasteiger partial charge in [-0.3, -0.25) is 0 Å². The maximum absolute atomic E-state index is 11.1. The second-order valence-corrected chi connectivity index (χ2v) is 8.45. The minimum atomic E-state index is -0.623. The van der Waals surface area contributed by atoms with E-state index in [1.165, 1.54) is 7.41 Å². The van der Waals surface area contributed by atoms with Gasteiger partial charge in [0.1, 0.15) is 12.3 Å². The van der Waals surface area contributed by atoms with E-state index in [1.807, 2.05) is 32.0 Å². The lowest BCUT2D eigenvalue weighted by Gasteiger charge is -2.23. The fourth-order valence-corrected chi connectivity index (χ4v) is 4.11. The highest BCUT2D eigenvalue weighted by molar-refractivity contribution is 6.70. The Morgan fingerprint density at radius 1 is 1.38 bits per heavy atom. The first-order valence-corrected chi connectivity index (χ1v) is 10.4. The number of nitrogens with zero attached hydrogens (tertiary/aromatic N) is 4. The number of carbonyl (C=O) groups is 1. The normalized spacial score (nSPS) is 16.9. The summed E-state index contributed by atoms with van der Waals surface area (Å²) in [5.41, 5.74) is 4.37. The molecule has 0 saturated carbocycles. The summed E-state index contributed by atoms with van der Waals surface area (Å²) in [6.45, 7) is 4.15. The molecule has 0 aliphatic carbocycles. The van der Waals surface area contributed by atoms with Gasteiger partial charge in [-0.2, -0.15) is 5.26 Å². The maximum atomic E-state index is 11.1. The number of nitrogens with one attached hydrogen (secondary N) is 1. The average molecular weight is 445 g/mol. The first kappa shape index (κ1) is 21.8. The summed E-state index contributed by atoms with van der Waals surface area (Å²) in [4.78, 5) is 21.8. The highest BCUT2D eigenvalue weighted by atomic mass is 35.5. The third-order valence-electron chi connectivity index (χ3n) is 5.67. The molecule has 7 nitrogen and oxygen atoms in total. The van der Waals surface area contributed by atoms with Crippen LogP contribution in [0.5, 0.6) is 0 Å². The molecular formula is C23H20BClN5O2. The van der Waals surface area contributed by atoms with Gasteiger partial charge in [0.2, 0.25) is 5.95 Å². The van der Waals surface area contributed by atoms with Crippen molar-refractivity contribution in [1.29, 1.82) is 5.26 Å². The number of aliphatic hydroxyl groups excluding tert-OH is 1. The fraction of sp³-hybridized carbons (Fsp3) is 0.217. The van der Waals surface area contributed by atoms with E-state index in [4.69, 9.17) is 11.6 Å². The van der Waals surface area contributed by atoms with Crippen molar-refractivity contribution in [3.63, 3.8) is 0 Å². The first-order valence-electron chi connectivity index (χ1n) is 10.00. The van der Waals surface area contributed by atoms with Gasteiger partial charge in [-0.25, -0.2) is 9.97 Å². The van der Waals surface area contributed by atoms with E-state index in [1.54, 1.807) is 29.2 Å². The SMILES string of the molecule is Cc1ccc(Cl)cc1Nc1nccc(-c2cc(C#N)c3c(c2)C(C)(CO)CN3[B]C=O)n1. The maximum Gasteiger partial charge on any atom is 0.329 e. The van der Waals surface area contributed by atoms with Crippen LogP contribution in [0.4, 0.5) is 17.3 Å². The van der Waals surface area contributed by atoms with Crippen LogP contribution in [0.15, 0.2) is 42.6 Å². The van der Waals surface area contributed by atoms with E-state index in [0.717, 1.165) is 22.4 Å². The highest BCUT2D eigenvalue weighted by Crippen LogP contribution is 2.44. The van der Waals surface area contributed by atoms with Gasteiger partial charge in [0.15, 0.2) is 0 Å². The van der Waals surface area contributed by atoms with Crippen molar-refractivity contribution in [3.05, 3.63) is 64.3 Å². The van der Waals surface area contributed by atoms with Crippen LogP contribution in [0, 0.1) is 18.3 Å². The molecule has 2 aromatic carbocycles. The van der Waals surface area contributed by atoms with Crippen LogP contribution >= 0.6 is 11.6 Å². The Balaban J connectivity index is 1.78. The Morgan fingerprint density at radius 2 is 2.19 bits per heavy atom. The molecule has 32 heavy (non-hydrogen) atoms. The lowest BCUT2D eigenvalue weighted by Crippen LogP contribution is -2.36. The second-order valence-electron chi connectivity index (χ2n) is 8.01. The number of aryl methyl sites for hydroxylation is 1. The molecule has 4 rings (SSSR count). The fourth-order valence-electron chi connectivity index (χ4n) is 3.94. The van der Waals surface area contributed by atoms with Crippen LogP contribution in [0.3, 0.4) is 0 Å². The van der Waals surface area contributed by atoms with Crippen LogP contribution in [-0.2, 0) is 10.2 Å². The number of nitriles is 1. The van der Waals surface area contributed by atoms with Crippen LogP contribution < -0.4 is 10.1 Å². The molecule has 0 spiro atoms. The Kier molecular flexibility index (Phi) is 5.87. The van der Waals surface area contributed by atoms with Gasteiger partial charge in [0.25, 0.3) is 0 Å². The van der Waals surface area contributed by atoms with E-state index in [0.29, 0.717) is 40.6 Å². The van der Waals surface area contributed by atoms with Crippen LogP contribution in [0.25, 0.3) is 11.3 Å². The number of rotatable bonds is 6. The van der Waals surface area contributed by atoms with E-state index in [-0.39, 0.29) is 6.61 Å². The van der Waals surface area contributed by atoms with Gasteiger partial charge in [0.05, 0.1) is 17.9 Å². The monoisotopic (exact) mass is 444 g/mol. The van der Waals surface area contributed by atoms with Crippen LogP contribution in [-0.4, -0.2) is 41.8 Å². The van der Waals surface area contributed by atoms with Crippen LogP contribution in [0.1, 0.15) is 23.6 Å². The molecule has 1 atom stereocenters. The Bertz CT molecular complexity index is 1250. The Labute approximate surface area is 192 Å². The van der Waals surface area contributed by atoms with E-state index < -0.39 is 5.41 Å². The lowest BCUT2D eigenvalue weighted by molar-refractivity contribution is 0.217. The molecular weight excluding hydrogens is 425 g/mol. The predicted molar refractivity (Wildman–Crippen MR) is 126 cm³/mol.